The van der Waals surface area contributed by atoms with Crippen molar-refractivity contribution in [2.24, 2.45) is 5.73 Å². The first-order valence-corrected chi connectivity index (χ1v) is 5.41. The number of nitrogens with two attached hydrogens (primary N) is 1. The summed E-state index contributed by atoms with van der Waals surface area (Å²) in [5.41, 5.74) is 4.75. The third kappa shape index (κ3) is 3.52. The minimum absolute atomic E-state index is 0.325. The van der Waals surface area contributed by atoms with Crippen LogP contribution in [0, 0.1) is 5.82 Å². The first-order chi connectivity index (χ1) is 7.58. The smallest absolute Gasteiger partial charge is 0.276 e. The van der Waals surface area contributed by atoms with Crippen LogP contribution in [0.2, 0.25) is 0 Å². The fourth-order valence-corrected chi connectivity index (χ4v) is 1.56. The second-order valence-electron chi connectivity index (χ2n) is 3.78. The quantitative estimate of drug-likeness (QED) is 0.746. The van der Waals surface area contributed by atoms with E-state index in [0.717, 1.165) is 18.6 Å². The van der Waals surface area contributed by atoms with Crippen molar-refractivity contribution in [2.45, 2.75) is 31.6 Å². The van der Waals surface area contributed by atoms with E-state index in [4.69, 9.17) is 5.73 Å². The molecule has 1 aromatic rings. The van der Waals surface area contributed by atoms with E-state index in [1.54, 1.807) is 0 Å². The maximum atomic E-state index is 13.6. The highest BCUT2D eigenvalue weighted by molar-refractivity contribution is 5.22. The second kappa shape index (κ2) is 5.89. The van der Waals surface area contributed by atoms with Crippen molar-refractivity contribution >= 4 is 0 Å². The van der Waals surface area contributed by atoms with E-state index in [1.807, 2.05) is 0 Å². The first-order valence-electron chi connectivity index (χ1n) is 5.41. The van der Waals surface area contributed by atoms with E-state index in [-0.39, 0.29) is 6.42 Å². The molecule has 0 aliphatic heterocycles. The molecule has 4 heteroatoms. The Labute approximate surface area is 93.5 Å². The lowest BCUT2D eigenvalue weighted by Crippen LogP contribution is -2.15. The van der Waals surface area contributed by atoms with Crippen LogP contribution in [0.4, 0.5) is 13.2 Å². The Morgan fingerprint density at radius 1 is 1.06 bits per heavy atom. The standard InChI is InChI=1S/C12H16F3N/c13-11-7-3-2-6-10(11)12(14,15)8-4-1-5-9-16/h2-3,6-7H,1,4-5,8-9,16H2. The molecule has 90 valence electrons. The van der Waals surface area contributed by atoms with E-state index in [2.05, 4.69) is 0 Å². The molecule has 0 aliphatic carbocycles. The number of hydrogen-bond acceptors (Lipinski definition) is 1. The molecular formula is C12H16F3N. The molecule has 0 aromatic heterocycles. The van der Waals surface area contributed by atoms with Gasteiger partial charge in [0.05, 0.1) is 5.56 Å². The van der Waals surface area contributed by atoms with Crippen molar-refractivity contribution in [3.05, 3.63) is 35.6 Å². The van der Waals surface area contributed by atoms with Crippen LogP contribution >= 0.6 is 0 Å². The van der Waals surface area contributed by atoms with Crippen LogP contribution in [0.15, 0.2) is 24.3 Å². The number of hydrogen-bond donors (Lipinski definition) is 1. The van der Waals surface area contributed by atoms with Crippen molar-refractivity contribution in [3.63, 3.8) is 0 Å². The van der Waals surface area contributed by atoms with E-state index in [0.29, 0.717) is 19.4 Å². The Balaban J connectivity index is 2.59. The Hall–Kier alpha value is -1.03. The van der Waals surface area contributed by atoms with Gasteiger partial charge >= 0.3 is 0 Å². The molecule has 2 N–H and O–H groups in total. The van der Waals surface area contributed by atoms with Crippen LogP contribution in [0.3, 0.4) is 0 Å². The van der Waals surface area contributed by atoms with Crippen molar-refractivity contribution in [2.75, 3.05) is 6.54 Å². The molecule has 0 saturated heterocycles. The summed E-state index contributed by atoms with van der Waals surface area (Å²) in [4.78, 5) is 0. The SMILES string of the molecule is NCCCCCC(F)(F)c1ccccc1F. The zero-order chi connectivity index (χ0) is 12.0. The zero-order valence-corrected chi connectivity index (χ0v) is 9.06. The maximum Gasteiger partial charge on any atom is 0.276 e. The average molecular weight is 231 g/mol. The van der Waals surface area contributed by atoms with Gasteiger partial charge in [-0.1, -0.05) is 24.6 Å². The molecule has 1 aromatic carbocycles. The number of alkyl halides is 2. The van der Waals surface area contributed by atoms with Crippen LogP contribution in [0.1, 0.15) is 31.2 Å². The molecule has 0 atom stereocenters. The number of halogens is 3. The molecule has 0 heterocycles. The fourth-order valence-electron chi connectivity index (χ4n) is 1.56. The van der Waals surface area contributed by atoms with Crippen LogP contribution < -0.4 is 5.73 Å². The first kappa shape index (κ1) is 13.0. The molecule has 0 amide bonds. The number of unbranched alkanes of at least 4 members (excludes halogenated alkanes) is 2. The van der Waals surface area contributed by atoms with Gasteiger partial charge in [0, 0.05) is 6.42 Å². The molecule has 0 aliphatic rings. The summed E-state index contributed by atoms with van der Waals surface area (Å²) < 4.78 is 40.3. The van der Waals surface area contributed by atoms with Gasteiger partial charge in [0.1, 0.15) is 5.82 Å². The van der Waals surface area contributed by atoms with Gasteiger partial charge in [-0.05, 0) is 25.5 Å². The van der Waals surface area contributed by atoms with Gasteiger partial charge in [0.15, 0.2) is 0 Å². The molecule has 16 heavy (non-hydrogen) atoms. The number of benzene rings is 1. The second-order valence-corrected chi connectivity index (χ2v) is 3.78. The van der Waals surface area contributed by atoms with E-state index in [9.17, 15) is 13.2 Å². The zero-order valence-electron chi connectivity index (χ0n) is 9.06. The summed E-state index contributed by atoms with van der Waals surface area (Å²) in [7, 11) is 0. The summed E-state index contributed by atoms with van der Waals surface area (Å²) in [6, 6.07) is 5.02. The van der Waals surface area contributed by atoms with Crippen molar-refractivity contribution in [1.29, 1.82) is 0 Å². The van der Waals surface area contributed by atoms with Crippen LogP contribution in [0.5, 0.6) is 0 Å². The predicted molar refractivity (Wildman–Crippen MR) is 57.8 cm³/mol. The largest absolute Gasteiger partial charge is 0.330 e. The lowest BCUT2D eigenvalue weighted by molar-refractivity contribution is -0.0190. The highest BCUT2D eigenvalue weighted by atomic mass is 19.3. The van der Waals surface area contributed by atoms with E-state index < -0.39 is 17.3 Å². The lowest BCUT2D eigenvalue weighted by atomic mass is 10.0. The minimum Gasteiger partial charge on any atom is -0.330 e. The van der Waals surface area contributed by atoms with E-state index >= 15 is 0 Å². The van der Waals surface area contributed by atoms with E-state index in [1.165, 1.54) is 12.1 Å². The molecule has 0 fully saturated rings. The molecule has 0 saturated carbocycles. The van der Waals surface area contributed by atoms with Gasteiger partial charge in [-0.3, -0.25) is 0 Å². The van der Waals surface area contributed by atoms with Gasteiger partial charge < -0.3 is 5.73 Å². The summed E-state index contributed by atoms with van der Waals surface area (Å²) in [6.07, 6.45) is 1.42. The fraction of sp³-hybridized carbons (Fsp3) is 0.500. The number of rotatable bonds is 6. The molecule has 1 rings (SSSR count). The summed E-state index contributed by atoms with van der Waals surface area (Å²) in [5, 5.41) is 0. The molecule has 0 bridgehead atoms. The molecule has 0 unspecified atom stereocenters. The maximum absolute atomic E-state index is 13.6. The van der Waals surface area contributed by atoms with Crippen LogP contribution in [-0.2, 0) is 5.92 Å². The van der Waals surface area contributed by atoms with Crippen molar-refractivity contribution in [1.82, 2.24) is 0 Å². The monoisotopic (exact) mass is 231 g/mol. The Bertz CT molecular complexity index is 326. The summed E-state index contributed by atoms with van der Waals surface area (Å²) in [5.74, 6) is -3.92. The Morgan fingerprint density at radius 3 is 2.38 bits per heavy atom. The molecule has 0 spiro atoms. The van der Waals surface area contributed by atoms with Crippen LogP contribution in [0.25, 0.3) is 0 Å². The predicted octanol–water partition coefficient (Wildman–Crippen LogP) is 3.44. The molecule has 0 radical (unpaired) electrons. The highest BCUT2D eigenvalue weighted by Gasteiger charge is 2.33. The van der Waals surface area contributed by atoms with Gasteiger partial charge in [-0.25, -0.2) is 13.2 Å². The van der Waals surface area contributed by atoms with Gasteiger partial charge in [-0.15, -0.1) is 0 Å². The molecule has 1 nitrogen and oxygen atoms in total. The molecular weight excluding hydrogens is 215 g/mol. The third-order valence-electron chi connectivity index (χ3n) is 2.46. The third-order valence-corrected chi connectivity index (χ3v) is 2.46. The summed E-state index contributed by atoms with van der Waals surface area (Å²) in [6.45, 7) is 0.505. The van der Waals surface area contributed by atoms with Crippen LogP contribution in [-0.4, -0.2) is 6.54 Å². The topological polar surface area (TPSA) is 26.0 Å². The van der Waals surface area contributed by atoms with Gasteiger partial charge in [0.25, 0.3) is 5.92 Å². The highest BCUT2D eigenvalue weighted by Crippen LogP contribution is 2.34. The summed E-state index contributed by atoms with van der Waals surface area (Å²) >= 11 is 0. The Kier molecular flexibility index (Phi) is 4.80. The van der Waals surface area contributed by atoms with Gasteiger partial charge in [0.2, 0.25) is 0 Å². The average Bonchev–Trinajstić information content (AvgIpc) is 2.25. The normalized spacial score (nSPS) is 11.8. The Morgan fingerprint density at radius 2 is 1.75 bits per heavy atom. The minimum atomic E-state index is -3.08. The van der Waals surface area contributed by atoms with Crippen molar-refractivity contribution < 1.29 is 13.2 Å². The van der Waals surface area contributed by atoms with Gasteiger partial charge in [-0.2, -0.15) is 0 Å². The lowest BCUT2D eigenvalue weighted by Gasteiger charge is -2.17. The van der Waals surface area contributed by atoms with Crippen molar-refractivity contribution in [3.8, 4) is 0 Å².